The van der Waals surface area contributed by atoms with Crippen molar-refractivity contribution in [1.82, 2.24) is 10.2 Å². The van der Waals surface area contributed by atoms with Gasteiger partial charge in [0.05, 0.1) is 13.1 Å². The molecule has 2 amide bonds. The maximum absolute atomic E-state index is 12.4. The molecule has 0 aromatic heterocycles. The van der Waals surface area contributed by atoms with E-state index in [0.29, 0.717) is 13.1 Å². The lowest BCUT2D eigenvalue weighted by molar-refractivity contribution is -0.133. The molecule has 1 aromatic rings. The van der Waals surface area contributed by atoms with E-state index in [4.69, 9.17) is 5.73 Å². The van der Waals surface area contributed by atoms with E-state index in [2.05, 4.69) is 5.32 Å². The van der Waals surface area contributed by atoms with E-state index < -0.39 is 0 Å². The second-order valence-corrected chi connectivity index (χ2v) is 6.07. The van der Waals surface area contributed by atoms with Crippen LogP contribution in [0.25, 0.3) is 0 Å². The average Bonchev–Trinajstić information content (AvgIpc) is 2.52. The van der Waals surface area contributed by atoms with Crippen LogP contribution in [0.2, 0.25) is 0 Å². The van der Waals surface area contributed by atoms with E-state index in [9.17, 15) is 9.59 Å². The van der Waals surface area contributed by atoms with Gasteiger partial charge in [-0.3, -0.25) is 9.59 Å². The van der Waals surface area contributed by atoms with Gasteiger partial charge in [-0.15, -0.1) is 0 Å². The predicted octanol–water partition coefficient (Wildman–Crippen LogP) is 0.361. The first kappa shape index (κ1) is 17.3. The molecular weight excluding hydrogens is 292 g/mol. The fraction of sp³-hybridized carbons (Fsp3) is 0.529. The molecule has 1 heterocycles. The van der Waals surface area contributed by atoms with Gasteiger partial charge in [-0.05, 0) is 24.5 Å². The van der Waals surface area contributed by atoms with E-state index in [0.717, 1.165) is 18.5 Å². The number of likely N-dealkylation sites (N-methyl/N-ethyl adjacent to an activating group) is 1. The predicted molar refractivity (Wildman–Crippen MR) is 91.3 cm³/mol. The van der Waals surface area contributed by atoms with Gasteiger partial charge >= 0.3 is 0 Å². The lowest BCUT2D eigenvalue weighted by Gasteiger charge is -2.35. The Labute approximate surface area is 137 Å². The molecule has 23 heavy (non-hydrogen) atoms. The number of nitrogens with two attached hydrogens (primary N) is 1. The molecule has 1 aliphatic rings. The number of rotatable bonds is 6. The first-order chi connectivity index (χ1) is 11.0. The Bertz CT molecular complexity index is 561. The van der Waals surface area contributed by atoms with Crippen molar-refractivity contribution in [2.45, 2.75) is 25.8 Å². The zero-order valence-corrected chi connectivity index (χ0v) is 13.9. The number of anilines is 1. The van der Waals surface area contributed by atoms with Crippen LogP contribution >= 0.6 is 0 Å². The van der Waals surface area contributed by atoms with Gasteiger partial charge in [0.15, 0.2) is 0 Å². The normalized spacial score (nSPS) is 16.7. The molecule has 2 rings (SSSR count). The topological polar surface area (TPSA) is 78.7 Å². The standard InChI is InChI=1S/C17H26N4O2/c1-3-8-19-16(22)11-20(2)17(23)12-21-10-14(18)9-13-6-4-5-7-15(13)21/h4-7,14H,3,8-12,18H2,1-2H3,(H,19,22). The summed E-state index contributed by atoms with van der Waals surface area (Å²) < 4.78 is 0. The maximum Gasteiger partial charge on any atom is 0.242 e. The molecule has 0 radical (unpaired) electrons. The minimum atomic E-state index is -0.126. The van der Waals surface area contributed by atoms with E-state index in [1.165, 1.54) is 10.5 Å². The van der Waals surface area contributed by atoms with Crippen molar-refractivity contribution in [3.8, 4) is 0 Å². The van der Waals surface area contributed by atoms with Crippen LogP contribution in [0.5, 0.6) is 0 Å². The minimum Gasteiger partial charge on any atom is -0.360 e. The summed E-state index contributed by atoms with van der Waals surface area (Å²) in [5, 5.41) is 2.78. The Morgan fingerprint density at radius 3 is 2.87 bits per heavy atom. The van der Waals surface area contributed by atoms with Crippen LogP contribution in [-0.4, -0.2) is 56.0 Å². The van der Waals surface area contributed by atoms with Crippen LogP contribution in [-0.2, 0) is 16.0 Å². The first-order valence-electron chi connectivity index (χ1n) is 8.10. The van der Waals surface area contributed by atoms with Crippen LogP contribution in [0.1, 0.15) is 18.9 Å². The molecule has 6 heteroatoms. The third-order valence-corrected chi connectivity index (χ3v) is 3.97. The van der Waals surface area contributed by atoms with Gasteiger partial charge in [-0.1, -0.05) is 25.1 Å². The molecule has 0 saturated heterocycles. The summed E-state index contributed by atoms with van der Waals surface area (Å²) in [5.74, 6) is -0.209. The summed E-state index contributed by atoms with van der Waals surface area (Å²) in [7, 11) is 1.66. The lowest BCUT2D eigenvalue weighted by atomic mass is 9.98. The van der Waals surface area contributed by atoms with Gasteiger partial charge in [0.2, 0.25) is 11.8 Å². The number of benzene rings is 1. The Hall–Kier alpha value is -2.08. The number of carbonyl (C=O) groups excluding carboxylic acids is 2. The molecule has 1 aliphatic heterocycles. The lowest BCUT2D eigenvalue weighted by Crippen LogP contribution is -2.49. The maximum atomic E-state index is 12.4. The van der Waals surface area contributed by atoms with Crippen molar-refractivity contribution < 1.29 is 9.59 Å². The molecular formula is C17H26N4O2. The van der Waals surface area contributed by atoms with Gasteiger partial charge in [0, 0.05) is 31.9 Å². The second-order valence-electron chi connectivity index (χ2n) is 6.07. The Morgan fingerprint density at radius 2 is 2.13 bits per heavy atom. The summed E-state index contributed by atoms with van der Waals surface area (Å²) in [6.45, 7) is 3.60. The third-order valence-electron chi connectivity index (χ3n) is 3.97. The molecule has 1 aromatic carbocycles. The van der Waals surface area contributed by atoms with Gasteiger partial charge in [0.1, 0.15) is 0 Å². The van der Waals surface area contributed by atoms with E-state index in [1.807, 2.05) is 36.1 Å². The molecule has 0 aliphatic carbocycles. The van der Waals surface area contributed by atoms with Crippen molar-refractivity contribution in [3.05, 3.63) is 29.8 Å². The van der Waals surface area contributed by atoms with Crippen LogP contribution in [0.15, 0.2) is 24.3 Å². The highest BCUT2D eigenvalue weighted by Gasteiger charge is 2.24. The summed E-state index contributed by atoms with van der Waals surface area (Å²) >= 11 is 0. The summed E-state index contributed by atoms with van der Waals surface area (Å²) in [6.07, 6.45) is 1.71. The summed E-state index contributed by atoms with van der Waals surface area (Å²) in [5.41, 5.74) is 8.33. The van der Waals surface area contributed by atoms with Crippen LogP contribution in [0, 0.1) is 0 Å². The van der Waals surface area contributed by atoms with Crippen LogP contribution < -0.4 is 16.0 Å². The number of fused-ring (bicyclic) bond motifs is 1. The molecule has 0 saturated carbocycles. The number of para-hydroxylation sites is 1. The van der Waals surface area contributed by atoms with Crippen molar-refractivity contribution in [2.75, 3.05) is 38.1 Å². The van der Waals surface area contributed by atoms with Crippen LogP contribution in [0.3, 0.4) is 0 Å². The number of hydrogen-bond donors (Lipinski definition) is 2. The fourth-order valence-corrected chi connectivity index (χ4v) is 2.78. The number of carbonyl (C=O) groups is 2. The van der Waals surface area contributed by atoms with E-state index >= 15 is 0 Å². The van der Waals surface area contributed by atoms with E-state index in [-0.39, 0.29) is 30.9 Å². The van der Waals surface area contributed by atoms with Crippen molar-refractivity contribution in [1.29, 1.82) is 0 Å². The highest BCUT2D eigenvalue weighted by Crippen LogP contribution is 2.26. The third kappa shape index (κ3) is 4.69. The molecule has 0 spiro atoms. The fourth-order valence-electron chi connectivity index (χ4n) is 2.78. The number of hydrogen-bond acceptors (Lipinski definition) is 4. The first-order valence-corrected chi connectivity index (χ1v) is 8.10. The van der Waals surface area contributed by atoms with E-state index in [1.54, 1.807) is 7.05 Å². The Balaban J connectivity index is 1.96. The largest absolute Gasteiger partial charge is 0.360 e. The molecule has 126 valence electrons. The average molecular weight is 318 g/mol. The molecule has 6 nitrogen and oxygen atoms in total. The zero-order valence-electron chi connectivity index (χ0n) is 13.9. The summed E-state index contributed by atoms with van der Waals surface area (Å²) in [4.78, 5) is 27.6. The smallest absolute Gasteiger partial charge is 0.242 e. The SMILES string of the molecule is CCCNC(=O)CN(C)C(=O)CN1CC(N)Cc2ccccc21. The van der Waals surface area contributed by atoms with Crippen molar-refractivity contribution >= 4 is 17.5 Å². The summed E-state index contributed by atoms with van der Waals surface area (Å²) in [6, 6.07) is 8.04. The Morgan fingerprint density at radius 1 is 1.39 bits per heavy atom. The van der Waals surface area contributed by atoms with Crippen molar-refractivity contribution in [2.24, 2.45) is 5.73 Å². The minimum absolute atomic E-state index is 0.0239. The van der Waals surface area contributed by atoms with Crippen molar-refractivity contribution in [3.63, 3.8) is 0 Å². The highest BCUT2D eigenvalue weighted by molar-refractivity contribution is 5.87. The molecule has 1 unspecified atom stereocenters. The molecule has 0 bridgehead atoms. The Kier molecular flexibility index (Phi) is 5.98. The molecule has 3 N–H and O–H groups in total. The number of nitrogens with one attached hydrogen (secondary N) is 1. The highest BCUT2D eigenvalue weighted by atomic mass is 16.2. The molecule has 1 atom stereocenters. The molecule has 0 fully saturated rings. The van der Waals surface area contributed by atoms with Gasteiger partial charge in [-0.2, -0.15) is 0 Å². The van der Waals surface area contributed by atoms with Gasteiger partial charge in [-0.25, -0.2) is 0 Å². The van der Waals surface area contributed by atoms with Gasteiger partial charge < -0.3 is 20.9 Å². The number of amides is 2. The second kappa shape index (κ2) is 7.97. The number of nitrogens with zero attached hydrogens (tertiary/aromatic N) is 2. The quantitative estimate of drug-likeness (QED) is 0.794. The van der Waals surface area contributed by atoms with Gasteiger partial charge in [0.25, 0.3) is 0 Å². The zero-order chi connectivity index (χ0) is 16.8. The monoisotopic (exact) mass is 318 g/mol. The van der Waals surface area contributed by atoms with Crippen LogP contribution in [0.4, 0.5) is 5.69 Å².